The molecule has 8 aromatic carbocycles. The summed E-state index contributed by atoms with van der Waals surface area (Å²) in [5.74, 6) is 1.82. The summed E-state index contributed by atoms with van der Waals surface area (Å²) in [7, 11) is 0. The molecule has 0 aliphatic heterocycles. The first-order chi connectivity index (χ1) is 27.8. The van der Waals surface area contributed by atoms with Crippen LogP contribution < -0.4 is 0 Å². The van der Waals surface area contributed by atoms with Crippen LogP contribution in [0, 0.1) is 0 Å². The second kappa shape index (κ2) is 13.0. The number of fused-ring (bicyclic) bond motifs is 6. The van der Waals surface area contributed by atoms with E-state index in [-0.39, 0.29) is 0 Å². The highest BCUT2D eigenvalue weighted by Gasteiger charge is 2.19. The second-order valence-electron chi connectivity index (χ2n) is 14.0. The third-order valence-corrected chi connectivity index (χ3v) is 10.7. The molecule has 0 aliphatic carbocycles. The summed E-state index contributed by atoms with van der Waals surface area (Å²) in [4.78, 5) is 15.2. The van der Waals surface area contributed by atoms with Gasteiger partial charge >= 0.3 is 0 Å². The van der Waals surface area contributed by atoms with Crippen molar-refractivity contribution in [3.8, 4) is 62.1 Å². The lowest BCUT2D eigenvalue weighted by Crippen LogP contribution is -2.06. The monoisotopic (exact) mass is 716 g/mol. The minimum absolute atomic E-state index is 0.583. The third kappa shape index (κ3) is 5.29. The predicted octanol–water partition coefficient (Wildman–Crippen LogP) is 13.2. The van der Waals surface area contributed by atoms with E-state index in [1.807, 2.05) is 48.5 Å². The Kier molecular flexibility index (Phi) is 7.42. The first kappa shape index (κ1) is 31.9. The van der Waals surface area contributed by atoms with Crippen LogP contribution in [0.25, 0.3) is 106 Å². The van der Waals surface area contributed by atoms with Gasteiger partial charge in [0.05, 0.1) is 11.0 Å². The Morgan fingerprint density at radius 1 is 0.357 bits per heavy atom. The van der Waals surface area contributed by atoms with E-state index >= 15 is 0 Å². The molecule has 56 heavy (non-hydrogen) atoms. The van der Waals surface area contributed by atoms with Crippen molar-refractivity contribution in [3.63, 3.8) is 0 Å². The lowest BCUT2D eigenvalue weighted by molar-refractivity contribution is 0.670. The van der Waals surface area contributed by atoms with Crippen LogP contribution in [0.1, 0.15) is 0 Å². The molecule has 0 unspecified atom stereocenters. The average molecular weight is 717 g/mol. The van der Waals surface area contributed by atoms with Gasteiger partial charge in [-0.25, -0.2) is 4.98 Å². The minimum Gasteiger partial charge on any atom is -0.455 e. The van der Waals surface area contributed by atoms with E-state index < -0.39 is 0 Å². The molecule has 0 spiro atoms. The number of hydrogen-bond donors (Lipinski definition) is 0. The molecule has 0 radical (unpaired) electrons. The molecular formula is C51H32N4O. The fourth-order valence-corrected chi connectivity index (χ4v) is 8.04. The Labute approximate surface area is 322 Å². The van der Waals surface area contributed by atoms with Crippen molar-refractivity contribution in [2.45, 2.75) is 0 Å². The maximum atomic E-state index is 6.56. The topological polar surface area (TPSA) is 56.7 Å². The molecule has 3 aromatic heterocycles. The molecule has 262 valence electrons. The lowest BCUT2D eigenvalue weighted by Gasteiger charge is -2.12. The van der Waals surface area contributed by atoms with Crippen molar-refractivity contribution in [2.75, 3.05) is 0 Å². The average Bonchev–Trinajstić information content (AvgIpc) is 3.83. The summed E-state index contributed by atoms with van der Waals surface area (Å²) in [5, 5.41) is 4.55. The number of rotatable bonds is 6. The number of aromatic nitrogens is 4. The number of nitrogens with zero attached hydrogens (tertiary/aromatic N) is 4. The van der Waals surface area contributed by atoms with Crippen molar-refractivity contribution < 1.29 is 4.42 Å². The van der Waals surface area contributed by atoms with Gasteiger partial charge in [0.2, 0.25) is 5.95 Å². The fourth-order valence-electron chi connectivity index (χ4n) is 8.04. The van der Waals surface area contributed by atoms with Crippen molar-refractivity contribution in [1.29, 1.82) is 0 Å². The Bertz CT molecular complexity index is 3180. The van der Waals surface area contributed by atoms with Crippen molar-refractivity contribution in [1.82, 2.24) is 19.5 Å². The number of para-hydroxylation sites is 3. The molecule has 0 saturated carbocycles. The molecule has 0 bridgehead atoms. The summed E-state index contributed by atoms with van der Waals surface area (Å²) in [5.41, 5.74) is 12.4. The number of benzene rings is 8. The van der Waals surface area contributed by atoms with E-state index in [2.05, 4.69) is 150 Å². The van der Waals surface area contributed by atoms with Crippen molar-refractivity contribution >= 4 is 43.7 Å². The Morgan fingerprint density at radius 3 is 1.57 bits per heavy atom. The van der Waals surface area contributed by atoms with Gasteiger partial charge in [-0.1, -0.05) is 164 Å². The molecule has 5 heteroatoms. The van der Waals surface area contributed by atoms with Gasteiger partial charge in [-0.15, -0.1) is 0 Å². The first-order valence-electron chi connectivity index (χ1n) is 18.8. The van der Waals surface area contributed by atoms with Crippen LogP contribution in [0.3, 0.4) is 0 Å². The molecule has 0 atom stereocenters. The van der Waals surface area contributed by atoms with Crippen molar-refractivity contribution in [2.24, 2.45) is 0 Å². The minimum atomic E-state index is 0.583. The van der Waals surface area contributed by atoms with Crippen LogP contribution in [0.4, 0.5) is 0 Å². The second-order valence-corrected chi connectivity index (χ2v) is 14.0. The highest BCUT2D eigenvalue weighted by molar-refractivity contribution is 6.16. The largest absolute Gasteiger partial charge is 0.455 e. The standard InChI is InChI=1S/C51H32N4O/c1-3-14-34(15-4-1)40-31-30-39(47-43-22-9-12-25-46(43)56-48(40)47)38-19-13-18-37(32-38)33-26-28-36(29-27-33)50-52-49(35-16-5-2-6-17-35)53-51(54-50)55-44-23-10-7-20-41(44)42-21-8-11-24-45(42)55/h1-32H. The normalized spacial score (nSPS) is 11.6. The van der Waals surface area contributed by atoms with Gasteiger partial charge in [-0.05, 0) is 58.1 Å². The zero-order valence-electron chi connectivity index (χ0n) is 30.2. The van der Waals surface area contributed by atoms with Gasteiger partial charge in [-0.2, -0.15) is 9.97 Å². The van der Waals surface area contributed by atoms with Crippen LogP contribution in [0.2, 0.25) is 0 Å². The zero-order valence-corrected chi connectivity index (χ0v) is 30.2. The maximum Gasteiger partial charge on any atom is 0.238 e. The van der Waals surface area contributed by atoms with E-state index in [0.717, 1.165) is 88.3 Å². The molecule has 0 fully saturated rings. The van der Waals surface area contributed by atoms with Crippen LogP contribution >= 0.6 is 0 Å². The Hall–Kier alpha value is -7.63. The molecule has 0 N–H and O–H groups in total. The van der Waals surface area contributed by atoms with Gasteiger partial charge in [0, 0.05) is 38.2 Å². The van der Waals surface area contributed by atoms with E-state index in [1.165, 1.54) is 0 Å². The smallest absolute Gasteiger partial charge is 0.238 e. The molecule has 0 amide bonds. The number of hydrogen-bond acceptors (Lipinski definition) is 4. The van der Waals surface area contributed by atoms with Gasteiger partial charge in [0.25, 0.3) is 0 Å². The zero-order chi connectivity index (χ0) is 37.0. The highest BCUT2D eigenvalue weighted by atomic mass is 16.3. The third-order valence-electron chi connectivity index (χ3n) is 10.7. The van der Waals surface area contributed by atoms with Crippen LogP contribution in [-0.4, -0.2) is 19.5 Å². The number of furan rings is 1. The summed E-state index contributed by atoms with van der Waals surface area (Å²) in [6.45, 7) is 0. The fraction of sp³-hybridized carbons (Fsp3) is 0. The van der Waals surface area contributed by atoms with Crippen LogP contribution in [0.5, 0.6) is 0 Å². The molecule has 11 rings (SSSR count). The molecule has 0 saturated heterocycles. The van der Waals surface area contributed by atoms with Gasteiger partial charge in [0.15, 0.2) is 11.6 Å². The predicted molar refractivity (Wildman–Crippen MR) is 229 cm³/mol. The van der Waals surface area contributed by atoms with Crippen LogP contribution in [0.15, 0.2) is 199 Å². The molecule has 5 nitrogen and oxygen atoms in total. The molecule has 11 aromatic rings. The van der Waals surface area contributed by atoms with Crippen molar-refractivity contribution in [3.05, 3.63) is 194 Å². The first-order valence-corrected chi connectivity index (χ1v) is 18.8. The maximum absolute atomic E-state index is 6.56. The summed E-state index contributed by atoms with van der Waals surface area (Å²) in [6.07, 6.45) is 0. The van der Waals surface area contributed by atoms with Crippen LogP contribution in [-0.2, 0) is 0 Å². The quantitative estimate of drug-likeness (QED) is 0.172. The molecule has 3 heterocycles. The lowest BCUT2D eigenvalue weighted by atomic mass is 9.93. The van der Waals surface area contributed by atoms with E-state index in [9.17, 15) is 0 Å². The summed E-state index contributed by atoms with van der Waals surface area (Å²) in [6, 6.07) is 67.4. The van der Waals surface area contributed by atoms with Gasteiger partial charge < -0.3 is 4.42 Å². The van der Waals surface area contributed by atoms with Gasteiger partial charge in [0.1, 0.15) is 11.2 Å². The molecule has 0 aliphatic rings. The SMILES string of the molecule is c1ccc(-c2nc(-c3ccc(-c4cccc(-c5ccc(-c6ccccc6)c6oc7ccccc7c56)c4)cc3)nc(-n3c4ccccc4c4ccccc43)n2)cc1. The van der Waals surface area contributed by atoms with E-state index in [4.69, 9.17) is 19.4 Å². The summed E-state index contributed by atoms with van der Waals surface area (Å²) >= 11 is 0. The highest BCUT2D eigenvalue weighted by Crippen LogP contribution is 2.42. The Balaban J connectivity index is 1.01. The Morgan fingerprint density at radius 2 is 0.875 bits per heavy atom. The summed E-state index contributed by atoms with van der Waals surface area (Å²) < 4.78 is 8.71. The van der Waals surface area contributed by atoms with E-state index in [1.54, 1.807) is 0 Å². The van der Waals surface area contributed by atoms with E-state index in [0.29, 0.717) is 17.6 Å². The molecular weight excluding hydrogens is 685 g/mol. The van der Waals surface area contributed by atoms with Gasteiger partial charge in [-0.3, -0.25) is 4.57 Å².